The summed E-state index contributed by atoms with van der Waals surface area (Å²) < 4.78 is 7.12. The molecule has 1 saturated heterocycles. The van der Waals surface area contributed by atoms with Crippen LogP contribution in [0.5, 0.6) is 0 Å². The van der Waals surface area contributed by atoms with Crippen LogP contribution in [0, 0.1) is 0 Å². The van der Waals surface area contributed by atoms with Crippen molar-refractivity contribution in [2.24, 2.45) is 7.05 Å². The van der Waals surface area contributed by atoms with Gasteiger partial charge in [0.05, 0.1) is 17.9 Å². The van der Waals surface area contributed by atoms with Gasteiger partial charge in [-0.1, -0.05) is 36.2 Å². The zero-order valence-corrected chi connectivity index (χ0v) is 15.2. The first-order valence-electron chi connectivity index (χ1n) is 9.16. The van der Waals surface area contributed by atoms with Crippen molar-refractivity contribution in [1.29, 1.82) is 0 Å². The molecule has 0 spiro atoms. The summed E-state index contributed by atoms with van der Waals surface area (Å²) in [4.78, 5) is 19.3. The summed E-state index contributed by atoms with van der Waals surface area (Å²) in [6.07, 6.45) is 7.28. The minimum absolute atomic E-state index is 0.166. The van der Waals surface area contributed by atoms with E-state index in [0.717, 1.165) is 31.2 Å². The number of hydrogen-bond acceptors (Lipinski definition) is 5. The van der Waals surface area contributed by atoms with Gasteiger partial charge in [-0.3, -0.25) is 4.68 Å². The van der Waals surface area contributed by atoms with Gasteiger partial charge in [0.25, 0.3) is 5.89 Å². The normalized spacial score (nSPS) is 17.5. The number of amides is 2. The summed E-state index contributed by atoms with van der Waals surface area (Å²) in [5.41, 5.74) is 1.54. The van der Waals surface area contributed by atoms with Crippen molar-refractivity contribution < 1.29 is 9.32 Å². The van der Waals surface area contributed by atoms with Gasteiger partial charge in [-0.2, -0.15) is 10.1 Å². The van der Waals surface area contributed by atoms with E-state index in [1.54, 1.807) is 22.0 Å². The van der Waals surface area contributed by atoms with Crippen LogP contribution in [0.2, 0.25) is 0 Å². The molecule has 2 amide bonds. The molecule has 1 aliphatic heterocycles. The first-order valence-corrected chi connectivity index (χ1v) is 9.16. The number of carbonyl (C=O) groups excluding carboxylic acids is 1. The number of nitrogens with one attached hydrogen (secondary N) is 1. The van der Waals surface area contributed by atoms with E-state index < -0.39 is 0 Å². The predicted octanol–water partition coefficient (Wildman–Crippen LogP) is 3.62. The maximum absolute atomic E-state index is 12.9. The molecule has 8 nitrogen and oxygen atoms in total. The number of nitrogens with zero attached hydrogens (tertiary/aromatic N) is 5. The average molecular weight is 366 g/mol. The summed E-state index contributed by atoms with van der Waals surface area (Å²) in [6.45, 7) is 0.659. The Bertz CT molecular complexity index is 904. The van der Waals surface area contributed by atoms with Crippen molar-refractivity contribution in [2.75, 3.05) is 11.9 Å². The van der Waals surface area contributed by atoms with Crippen LogP contribution in [0.4, 0.5) is 10.5 Å². The van der Waals surface area contributed by atoms with Gasteiger partial charge in [-0.05, 0) is 25.0 Å². The van der Waals surface area contributed by atoms with E-state index in [4.69, 9.17) is 4.52 Å². The summed E-state index contributed by atoms with van der Waals surface area (Å²) in [5, 5.41) is 11.2. The standard InChI is InChI=1S/C19H22N6O2/c1-24-13-15(12-20-24)21-19(26)25-11-7-3-6-10-16(25)17-22-18(27-23-17)14-8-4-2-5-9-14/h2,4-5,8-9,12-13,16H,3,6-7,10-11H2,1H3,(H,21,26)/t16-/m0/s1. The maximum Gasteiger partial charge on any atom is 0.322 e. The Kier molecular flexibility index (Phi) is 4.86. The molecule has 0 bridgehead atoms. The highest BCUT2D eigenvalue weighted by molar-refractivity contribution is 5.89. The van der Waals surface area contributed by atoms with Crippen LogP contribution in [-0.4, -0.2) is 37.4 Å². The molecule has 140 valence electrons. The Morgan fingerprint density at radius 1 is 1.22 bits per heavy atom. The van der Waals surface area contributed by atoms with Crippen LogP contribution in [0.1, 0.15) is 37.5 Å². The van der Waals surface area contributed by atoms with E-state index in [9.17, 15) is 4.79 Å². The zero-order valence-electron chi connectivity index (χ0n) is 15.2. The lowest BCUT2D eigenvalue weighted by Gasteiger charge is -2.27. The van der Waals surface area contributed by atoms with Crippen molar-refractivity contribution in [2.45, 2.75) is 31.7 Å². The molecule has 0 radical (unpaired) electrons. The fourth-order valence-electron chi connectivity index (χ4n) is 3.37. The maximum atomic E-state index is 12.9. The minimum Gasteiger partial charge on any atom is -0.334 e. The van der Waals surface area contributed by atoms with E-state index in [0.29, 0.717) is 23.9 Å². The third kappa shape index (κ3) is 3.84. The highest BCUT2D eigenvalue weighted by atomic mass is 16.5. The summed E-state index contributed by atoms with van der Waals surface area (Å²) >= 11 is 0. The molecule has 1 atom stereocenters. The van der Waals surface area contributed by atoms with Crippen LogP contribution in [0.25, 0.3) is 11.5 Å². The average Bonchev–Trinajstić information content (AvgIpc) is 3.25. The number of anilines is 1. The zero-order chi connectivity index (χ0) is 18.6. The minimum atomic E-state index is -0.203. The topological polar surface area (TPSA) is 89.1 Å². The quantitative estimate of drug-likeness (QED) is 0.765. The number of urea groups is 1. The predicted molar refractivity (Wildman–Crippen MR) is 99.9 cm³/mol. The molecule has 0 saturated carbocycles. The largest absolute Gasteiger partial charge is 0.334 e. The van der Waals surface area contributed by atoms with Gasteiger partial charge in [-0.15, -0.1) is 0 Å². The second-order valence-corrected chi connectivity index (χ2v) is 6.72. The van der Waals surface area contributed by atoms with Gasteiger partial charge in [-0.25, -0.2) is 4.79 Å². The molecular formula is C19H22N6O2. The molecule has 1 N–H and O–H groups in total. The molecule has 1 aliphatic rings. The smallest absolute Gasteiger partial charge is 0.322 e. The first-order chi connectivity index (χ1) is 13.2. The number of rotatable bonds is 3. The van der Waals surface area contributed by atoms with Gasteiger partial charge < -0.3 is 14.7 Å². The second-order valence-electron chi connectivity index (χ2n) is 6.72. The van der Waals surface area contributed by atoms with E-state index in [2.05, 4.69) is 20.6 Å². The Morgan fingerprint density at radius 2 is 2.07 bits per heavy atom. The van der Waals surface area contributed by atoms with Crippen molar-refractivity contribution in [3.63, 3.8) is 0 Å². The summed E-state index contributed by atoms with van der Waals surface area (Å²) in [6, 6.07) is 9.29. The van der Waals surface area contributed by atoms with Crippen molar-refractivity contribution in [3.8, 4) is 11.5 Å². The number of aryl methyl sites for hydroxylation is 1. The van der Waals surface area contributed by atoms with Crippen LogP contribution in [0.15, 0.2) is 47.2 Å². The summed E-state index contributed by atoms with van der Waals surface area (Å²) in [5.74, 6) is 1.03. The van der Waals surface area contributed by atoms with Gasteiger partial charge in [0, 0.05) is 25.4 Å². The molecule has 1 aromatic carbocycles. The van der Waals surface area contributed by atoms with Crippen LogP contribution in [-0.2, 0) is 7.05 Å². The third-order valence-corrected chi connectivity index (χ3v) is 4.73. The van der Waals surface area contributed by atoms with Gasteiger partial charge in [0.1, 0.15) is 0 Å². The molecule has 4 rings (SSSR count). The van der Waals surface area contributed by atoms with Gasteiger partial charge in [0.15, 0.2) is 5.82 Å². The Balaban J connectivity index is 1.57. The molecule has 27 heavy (non-hydrogen) atoms. The molecule has 0 unspecified atom stereocenters. The number of benzene rings is 1. The van der Waals surface area contributed by atoms with Crippen LogP contribution < -0.4 is 5.32 Å². The number of hydrogen-bond donors (Lipinski definition) is 1. The van der Waals surface area contributed by atoms with E-state index >= 15 is 0 Å². The van der Waals surface area contributed by atoms with Crippen molar-refractivity contribution in [3.05, 3.63) is 48.5 Å². The van der Waals surface area contributed by atoms with Crippen LogP contribution in [0.3, 0.4) is 0 Å². The molecule has 3 aromatic rings. The SMILES string of the molecule is Cn1cc(NC(=O)N2CCCCC[C@H]2c2noc(-c3ccccc3)n2)cn1. The Hall–Kier alpha value is -3.16. The van der Waals surface area contributed by atoms with E-state index in [-0.39, 0.29) is 12.1 Å². The lowest BCUT2D eigenvalue weighted by Crippen LogP contribution is -2.38. The van der Waals surface area contributed by atoms with E-state index in [1.165, 1.54) is 0 Å². The Labute approximate surface area is 157 Å². The van der Waals surface area contributed by atoms with Crippen molar-refractivity contribution in [1.82, 2.24) is 24.8 Å². The molecule has 8 heteroatoms. The number of aromatic nitrogens is 4. The fourth-order valence-corrected chi connectivity index (χ4v) is 3.37. The van der Waals surface area contributed by atoms with Crippen LogP contribution >= 0.6 is 0 Å². The molecular weight excluding hydrogens is 344 g/mol. The molecule has 1 fully saturated rings. The molecule has 3 heterocycles. The number of likely N-dealkylation sites (tertiary alicyclic amines) is 1. The number of carbonyl (C=O) groups is 1. The highest BCUT2D eigenvalue weighted by Crippen LogP contribution is 2.30. The van der Waals surface area contributed by atoms with Crippen molar-refractivity contribution >= 4 is 11.7 Å². The first kappa shape index (κ1) is 17.3. The lowest BCUT2D eigenvalue weighted by atomic mass is 10.1. The molecule has 2 aromatic heterocycles. The van der Waals surface area contributed by atoms with Gasteiger partial charge >= 0.3 is 6.03 Å². The third-order valence-electron chi connectivity index (χ3n) is 4.73. The molecule has 0 aliphatic carbocycles. The van der Waals surface area contributed by atoms with Gasteiger partial charge in [0.2, 0.25) is 0 Å². The summed E-state index contributed by atoms with van der Waals surface area (Å²) in [7, 11) is 1.81. The fraction of sp³-hybridized carbons (Fsp3) is 0.368. The second kappa shape index (κ2) is 7.61. The van der Waals surface area contributed by atoms with E-state index in [1.807, 2.05) is 37.4 Å². The highest BCUT2D eigenvalue weighted by Gasteiger charge is 2.30. The lowest BCUT2D eigenvalue weighted by molar-refractivity contribution is 0.185. The Morgan fingerprint density at radius 3 is 2.85 bits per heavy atom. The monoisotopic (exact) mass is 366 g/mol.